The largest absolute Gasteiger partial charge is 0.462 e. The number of esters is 2. The molecule has 296 valence electrons. The molecule has 5 nitrogen and oxygen atoms in total. The minimum Gasteiger partial charge on any atom is -0.462 e. The highest BCUT2D eigenvalue weighted by Crippen LogP contribution is 2.13. The predicted molar refractivity (Wildman–Crippen MR) is 223 cm³/mol. The van der Waals surface area contributed by atoms with Crippen LogP contribution in [0.2, 0.25) is 0 Å². The van der Waals surface area contributed by atoms with Crippen LogP contribution in [-0.4, -0.2) is 36.4 Å². The third kappa shape index (κ3) is 39.9. The van der Waals surface area contributed by atoms with Crippen molar-refractivity contribution >= 4 is 11.9 Å². The van der Waals surface area contributed by atoms with Gasteiger partial charge in [0.15, 0.2) is 6.10 Å². The van der Waals surface area contributed by atoms with Crippen LogP contribution in [0.5, 0.6) is 0 Å². The Morgan fingerprint density at radius 2 is 0.865 bits per heavy atom. The van der Waals surface area contributed by atoms with E-state index in [0.717, 1.165) is 57.8 Å². The highest BCUT2D eigenvalue weighted by Gasteiger charge is 2.15. The van der Waals surface area contributed by atoms with E-state index in [1.54, 1.807) is 0 Å². The fraction of sp³-hybridized carbons (Fsp3) is 0.660. The zero-order chi connectivity index (χ0) is 37.8. The van der Waals surface area contributed by atoms with E-state index in [2.05, 4.69) is 86.8 Å². The highest BCUT2D eigenvalue weighted by atomic mass is 16.6. The molecule has 1 N–H and O–H groups in total. The van der Waals surface area contributed by atoms with Crippen molar-refractivity contribution in [1.29, 1.82) is 0 Å². The molecule has 0 aromatic rings. The monoisotopic (exact) mass is 723 g/mol. The fourth-order valence-electron chi connectivity index (χ4n) is 5.51. The summed E-state index contributed by atoms with van der Waals surface area (Å²) in [6.45, 7) is 3.95. The lowest BCUT2D eigenvalue weighted by Gasteiger charge is -2.15. The van der Waals surface area contributed by atoms with E-state index >= 15 is 0 Å². The van der Waals surface area contributed by atoms with Crippen molar-refractivity contribution in [1.82, 2.24) is 0 Å². The molecule has 0 fully saturated rings. The minimum atomic E-state index is -0.807. The van der Waals surface area contributed by atoms with Crippen LogP contribution in [0.1, 0.15) is 181 Å². The number of aliphatic hydroxyl groups excluding tert-OH is 1. The van der Waals surface area contributed by atoms with Crippen molar-refractivity contribution in [3.63, 3.8) is 0 Å². The number of hydrogen-bond acceptors (Lipinski definition) is 5. The Bertz CT molecular complexity index is 999. The van der Waals surface area contributed by atoms with Gasteiger partial charge in [0.2, 0.25) is 0 Å². The Hall–Kier alpha value is -2.92. The topological polar surface area (TPSA) is 72.8 Å². The summed E-state index contributed by atoms with van der Waals surface area (Å²) in [4.78, 5) is 24.3. The molecule has 0 bridgehead atoms. The van der Waals surface area contributed by atoms with Gasteiger partial charge >= 0.3 is 11.9 Å². The second-order valence-corrected chi connectivity index (χ2v) is 13.7. The second kappa shape index (κ2) is 42.5. The zero-order valence-electron chi connectivity index (χ0n) is 33.5. The average molecular weight is 723 g/mol. The van der Waals surface area contributed by atoms with Crippen LogP contribution < -0.4 is 0 Å². The number of carbonyl (C=O) groups is 2. The summed E-state index contributed by atoms with van der Waals surface area (Å²) in [7, 11) is 0. The molecule has 0 saturated heterocycles. The average Bonchev–Trinajstić information content (AvgIpc) is 3.15. The van der Waals surface area contributed by atoms with Crippen LogP contribution in [0.4, 0.5) is 0 Å². The van der Waals surface area contributed by atoms with E-state index in [0.29, 0.717) is 12.8 Å². The lowest BCUT2D eigenvalue weighted by atomic mass is 10.1. The molecule has 5 heteroatoms. The lowest BCUT2D eigenvalue weighted by Crippen LogP contribution is -2.28. The molecule has 0 radical (unpaired) electrons. The van der Waals surface area contributed by atoms with Crippen molar-refractivity contribution in [2.24, 2.45) is 0 Å². The maximum atomic E-state index is 12.2. The normalized spacial score (nSPS) is 13.1. The molecule has 0 aliphatic carbocycles. The van der Waals surface area contributed by atoms with Crippen LogP contribution in [0.15, 0.2) is 85.1 Å². The first-order chi connectivity index (χ1) is 25.6. The molecule has 0 spiro atoms. The molecular weight excluding hydrogens is 645 g/mol. The molecule has 0 amide bonds. The van der Waals surface area contributed by atoms with E-state index in [1.807, 2.05) is 12.2 Å². The smallest absolute Gasteiger partial charge is 0.306 e. The molecule has 0 saturated carbocycles. The standard InChI is InChI=1S/C47H78O5/c1-3-5-7-9-11-13-15-17-19-21-23-25-27-29-31-33-35-37-39-41-46(49)51-44-45(43-48)52-47(50)42-40-38-36-34-32-30-28-26-24-22-20-18-16-14-12-10-8-6-4-2/h5,7,11,13,17-20,23,25,29,31,35,37,45,48H,3-4,6,8-10,12,14-16,21-22,24,26-28,30,32-34,36,38-44H2,1-2H3/b7-5-,13-11-,19-17-,20-18-,25-23-,31-29-,37-35-/t45-/m0/s1. The van der Waals surface area contributed by atoms with Gasteiger partial charge in [-0.2, -0.15) is 0 Å². The minimum absolute atomic E-state index is 0.111. The van der Waals surface area contributed by atoms with E-state index < -0.39 is 6.10 Å². The number of unbranched alkanes of at least 4 members (excludes halogenated alkanes) is 15. The fourth-order valence-corrected chi connectivity index (χ4v) is 5.51. The third-order valence-corrected chi connectivity index (χ3v) is 8.69. The van der Waals surface area contributed by atoms with Crippen LogP contribution in [0, 0.1) is 0 Å². The van der Waals surface area contributed by atoms with Gasteiger partial charge in [0.25, 0.3) is 0 Å². The van der Waals surface area contributed by atoms with E-state index in [4.69, 9.17) is 9.47 Å². The number of allylic oxidation sites excluding steroid dienone is 14. The van der Waals surface area contributed by atoms with Gasteiger partial charge in [-0.05, 0) is 77.0 Å². The molecule has 0 aliphatic rings. The highest BCUT2D eigenvalue weighted by molar-refractivity contribution is 5.70. The maximum Gasteiger partial charge on any atom is 0.306 e. The van der Waals surface area contributed by atoms with Gasteiger partial charge in [-0.25, -0.2) is 0 Å². The van der Waals surface area contributed by atoms with E-state index in [9.17, 15) is 14.7 Å². The second-order valence-electron chi connectivity index (χ2n) is 13.7. The van der Waals surface area contributed by atoms with Crippen molar-refractivity contribution in [3.8, 4) is 0 Å². The van der Waals surface area contributed by atoms with Crippen LogP contribution >= 0.6 is 0 Å². The van der Waals surface area contributed by atoms with Crippen molar-refractivity contribution in [2.75, 3.05) is 13.2 Å². The number of aliphatic hydroxyl groups is 1. The number of rotatable bonds is 37. The van der Waals surface area contributed by atoms with Crippen LogP contribution in [-0.2, 0) is 19.1 Å². The third-order valence-electron chi connectivity index (χ3n) is 8.69. The van der Waals surface area contributed by atoms with Crippen LogP contribution in [0.25, 0.3) is 0 Å². The quantitative estimate of drug-likeness (QED) is 0.0393. The molecule has 0 aliphatic heterocycles. The molecule has 0 heterocycles. The lowest BCUT2D eigenvalue weighted by molar-refractivity contribution is -0.161. The summed E-state index contributed by atoms with van der Waals surface area (Å²) in [6.07, 6.45) is 58.0. The molecule has 0 aromatic carbocycles. The van der Waals surface area contributed by atoms with Gasteiger partial charge in [0.05, 0.1) is 6.61 Å². The summed E-state index contributed by atoms with van der Waals surface area (Å²) >= 11 is 0. The summed E-state index contributed by atoms with van der Waals surface area (Å²) in [5.74, 6) is -0.696. The summed E-state index contributed by atoms with van der Waals surface area (Å²) in [5.41, 5.74) is 0. The van der Waals surface area contributed by atoms with Gasteiger partial charge in [0, 0.05) is 12.8 Å². The Labute approximate surface area is 320 Å². The van der Waals surface area contributed by atoms with Crippen molar-refractivity contribution < 1.29 is 24.2 Å². The molecule has 0 rings (SSSR count). The summed E-state index contributed by atoms with van der Waals surface area (Å²) in [6, 6.07) is 0. The molecular formula is C47H78O5. The first-order valence-electron chi connectivity index (χ1n) is 21.1. The Balaban J connectivity index is 3.68. The maximum absolute atomic E-state index is 12.2. The van der Waals surface area contributed by atoms with E-state index in [1.165, 1.54) is 89.9 Å². The van der Waals surface area contributed by atoms with Crippen molar-refractivity contribution in [2.45, 2.75) is 187 Å². The van der Waals surface area contributed by atoms with Gasteiger partial charge in [-0.3, -0.25) is 9.59 Å². The molecule has 0 unspecified atom stereocenters. The van der Waals surface area contributed by atoms with Gasteiger partial charge in [-0.1, -0.05) is 176 Å². The molecule has 0 aromatic heterocycles. The molecule has 52 heavy (non-hydrogen) atoms. The van der Waals surface area contributed by atoms with Gasteiger partial charge in [0.1, 0.15) is 6.61 Å². The summed E-state index contributed by atoms with van der Waals surface area (Å²) < 4.78 is 10.6. The predicted octanol–water partition coefficient (Wildman–Crippen LogP) is 13.5. The van der Waals surface area contributed by atoms with E-state index in [-0.39, 0.29) is 31.6 Å². The first kappa shape index (κ1) is 49.1. The summed E-state index contributed by atoms with van der Waals surface area (Å²) in [5, 5.41) is 9.57. The number of carbonyl (C=O) groups excluding carboxylic acids is 2. The Kier molecular flexibility index (Phi) is 40.1. The number of hydrogen-bond donors (Lipinski definition) is 1. The van der Waals surface area contributed by atoms with Crippen LogP contribution in [0.3, 0.4) is 0 Å². The molecule has 1 atom stereocenters. The van der Waals surface area contributed by atoms with Crippen molar-refractivity contribution in [3.05, 3.63) is 85.1 Å². The van der Waals surface area contributed by atoms with Gasteiger partial charge in [-0.15, -0.1) is 0 Å². The van der Waals surface area contributed by atoms with Gasteiger partial charge < -0.3 is 14.6 Å². The SMILES string of the molecule is CC/C=C\C/C=C\C/C=C\C/C=C\C/C=C\C/C=C\CCC(=O)OC[C@H](CO)OC(=O)CCCCCCCCCCC/C=C\CCCCCCCC. The Morgan fingerprint density at radius 1 is 0.462 bits per heavy atom. The zero-order valence-corrected chi connectivity index (χ0v) is 33.5. The number of ether oxygens (including phenoxy) is 2. The Morgan fingerprint density at radius 3 is 1.33 bits per heavy atom. The first-order valence-corrected chi connectivity index (χ1v) is 21.1.